The van der Waals surface area contributed by atoms with Gasteiger partial charge in [-0.1, -0.05) is 42.5 Å². The summed E-state index contributed by atoms with van der Waals surface area (Å²) in [4.78, 5) is 0. The molecule has 0 atom stereocenters. The molecule has 0 unspecified atom stereocenters. The fourth-order valence-electron chi connectivity index (χ4n) is 2.74. The van der Waals surface area contributed by atoms with E-state index >= 15 is 0 Å². The van der Waals surface area contributed by atoms with Crippen molar-refractivity contribution in [1.82, 2.24) is 5.32 Å². The second-order valence-corrected chi connectivity index (χ2v) is 5.21. The lowest BCUT2D eigenvalue weighted by Gasteiger charge is -2.10. The summed E-state index contributed by atoms with van der Waals surface area (Å²) in [5, 5.41) is 16.1. The molecule has 0 bridgehead atoms. The van der Waals surface area contributed by atoms with Crippen LogP contribution in [0.25, 0.3) is 0 Å². The van der Waals surface area contributed by atoms with Gasteiger partial charge >= 0.3 is 0 Å². The molecule has 0 aromatic heterocycles. The van der Waals surface area contributed by atoms with Crippen LogP contribution >= 0.6 is 0 Å². The van der Waals surface area contributed by atoms with Crippen molar-refractivity contribution >= 4 is 5.69 Å². The van der Waals surface area contributed by atoms with Gasteiger partial charge in [-0.15, -0.1) is 0 Å². The van der Waals surface area contributed by atoms with Crippen molar-refractivity contribution in [2.75, 3.05) is 11.9 Å². The zero-order valence-electron chi connectivity index (χ0n) is 11.5. The van der Waals surface area contributed by atoms with Crippen LogP contribution in [0.5, 0.6) is 0 Å². The number of aliphatic hydroxyl groups excluding tert-OH is 1. The summed E-state index contributed by atoms with van der Waals surface area (Å²) >= 11 is 0. The standard InChI is InChI=1S/C17H20N2O/c20-12-14-4-1-3-13(9-14)10-18-11-16-6-2-5-15-7-8-19-17(15)16/h1-6,9,18-20H,7-8,10-12H2. The fourth-order valence-corrected chi connectivity index (χ4v) is 2.74. The van der Waals surface area contributed by atoms with Gasteiger partial charge in [-0.25, -0.2) is 0 Å². The first-order chi connectivity index (χ1) is 9.86. The van der Waals surface area contributed by atoms with Crippen LogP contribution in [-0.4, -0.2) is 11.7 Å². The monoisotopic (exact) mass is 268 g/mol. The highest BCUT2D eigenvalue weighted by molar-refractivity contribution is 5.61. The predicted octanol–water partition coefficient (Wildman–Crippen LogP) is 2.44. The van der Waals surface area contributed by atoms with E-state index in [1.807, 2.05) is 18.2 Å². The third-order valence-corrected chi connectivity index (χ3v) is 3.75. The molecule has 3 nitrogen and oxygen atoms in total. The van der Waals surface area contributed by atoms with Gasteiger partial charge in [0.2, 0.25) is 0 Å². The quantitative estimate of drug-likeness (QED) is 0.780. The first-order valence-corrected chi connectivity index (χ1v) is 7.11. The Labute approximate surface area is 119 Å². The molecule has 0 amide bonds. The smallest absolute Gasteiger partial charge is 0.0681 e. The van der Waals surface area contributed by atoms with Gasteiger partial charge in [0.05, 0.1) is 6.61 Å². The van der Waals surface area contributed by atoms with Crippen LogP contribution in [0.1, 0.15) is 22.3 Å². The minimum atomic E-state index is 0.101. The number of benzene rings is 2. The van der Waals surface area contributed by atoms with Gasteiger partial charge in [-0.3, -0.25) is 0 Å². The van der Waals surface area contributed by atoms with E-state index in [0.29, 0.717) is 0 Å². The van der Waals surface area contributed by atoms with E-state index in [9.17, 15) is 0 Å². The van der Waals surface area contributed by atoms with Gasteiger partial charge in [-0.05, 0) is 28.7 Å². The lowest BCUT2D eigenvalue weighted by Crippen LogP contribution is -2.14. The van der Waals surface area contributed by atoms with Crippen molar-refractivity contribution in [2.45, 2.75) is 26.1 Å². The lowest BCUT2D eigenvalue weighted by atomic mass is 10.1. The Kier molecular flexibility index (Phi) is 4.00. The molecule has 0 radical (unpaired) electrons. The Morgan fingerprint density at radius 1 is 1.05 bits per heavy atom. The van der Waals surface area contributed by atoms with Gasteiger partial charge in [0, 0.05) is 25.3 Å². The molecule has 0 spiro atoms. The molecular formula is C17H20N2O. The van der Waals surface area contributed by atoms with Crippen molar-refractivity contribution in [1.29, 1.82) is 0 Å². The second-order valence-electron chi connectivity index (χ2n) is 5.21. The highest BCUT2D eigenvalue weighted by Crippen LogP contribution is 2.26. The second kappa shape index (κ2) is 6.07. The van der Waals surface area contributed by atoms with E-state index in [4.69, 9.17) is 5.11 Å². The Bertz CT molecular complexity index is 595. The molecule has 3 rings (SSSR count). The average Bonchev–Trinajstić information content (AvgIpc) is 2.97. The number of aliphatic hydroxyl groups is 1. The molecule has 20 heavy (non-hydrogen) atoms. The number of fused-ring (bicyclic) bond motifs is 1. The maximum absolute atomic E-state index is 9.14. The minimum absolute atomic E-state index is 0.101. The van der Waals surface area contributed by atoms with Crippen LogP contribution in [0.3, 0.4) is 0 Å². The number of hydrogen-bond acceptors (Lipinski definition) is 3. The molecule has 0 aliphatic carbocycles. The first-order valence-electron chi connectivity index (χ1n) is 7.11. The van der Waals surface area contributed by atoms with Crippen LogP contribution in [-0.2, 0) is 26.1 Å². The van der Waals surface area contributed by atoms with Crippen molar-refractivity contribution in [2.24, 2.45) is 0 Å². The van der Waals surface area contributed by atoms with E-state index in [0.717, 1.165) is 31.6 Å². The van der Waals surface area contributed by atoms with Crippen LogP contribution in [0.4, 0.5) is 5.69 Å². The summed E-state index contributed by atoms with van der Waals surface area (Å²) in [7, 11) is 0. The third kappa shape index (κ3) is 2.84. The number of rotatable bonds is 5. The van der Waals surface area contributed by atoms with Crippen LogP contribution < -0.4 is 10.6 Å². The predicted molar refractivity (Wildman–Crippen MR) is 81.5 cm³/mol. The largest absolute Gasteiger partial charge is 0.392 e. The van der Waals surface area contributed by atoms with Crippen LogP contribution in [0.2, 0.25) is 0 Å². The van der Waals surface area contributed by atoms with Gasteiger partial charge in [0.1, 0.15) is 0 Å². The van der Waals surface area contributed by atoms with Crippen molar-refractivity contribution in [3.8, 4) is 0 Å². The van der Waals surface area contributed by atoms with Gasteiger partial charge < -0.3 is 15.7 Å². The number of anilines is 1. The zero-order valence-corrected chi connectivity index (χ0v) is 11.5. The molecule has 3 heteroatoms. The molecule has 0 saturated heterocycles. The zero-order chi connectivity index (χ0) is 13.8. The van der Waals surface area contributed by atoms with Crippen LogP contribution in [0, 0.1) is 0 Å². The molecule has 1 aliphatic heterocycles. The highest BCUT2D eigenvalue weighted by Gasteiger charge is 2.12. The Balaban J connectivity index is 1.61. The van der Waals surface area contributed by atoms with Crippen molar-refractivity contribution < 1.29 is 5.11 Å². The fraction of sp³-hybridized carbons (Fsp3) is 0.294. The maximum Gasteiger partial charge on any atom is 0.0681 e. The summed E-state index contributed by atoms with van der Waals surface area (Å²) in [6, 6.07) is 14.6. The van der Waals surface area contributed by atoms with Gasteiger partial charge in [0.25, 0.3) is 0 Å². The summed E-state index contributed by atoms with van der Waals surface area (Å²) in [6.07, 6.45) is 1.13. The van der Waals surface area contributed by atoms with E-state index in [2.05, 4.69) is 34.9 Å². The molecule has 1 aliphatic rings. The molecule has 104 valence electrons. The van der Waals surface area contributed by atoms with Crippen molar-refractivity contribution in [3.63, 3.8) is 0 Å². The Morgan fingerprint density at radius 2 is 1.90 bits per heavy atom. The lowest BCUT2D eigenvalue weighted by molar-refractivity contribution is 0.281. The third-order valence-electron chi connectivity index (χ3n) is 3.75. The summed E-state index contributed by atoms with van der Waals surface area (Å²) in [5.41, 5.74) is 6.23. The SMILES string of the molecule is OCc1cccc(CNCc2cccc3c2NCC3)c1. The Morgan fingerprint density at radius 3 is 2.80 bits per heavy atom. The first kappa shape index (κ1) is 13.2. The van der Waals surface area contributed by atoms with E-state index in [1.54, 1.807) is 0 Å². The normalized spacial score (nSPS) is 13.1. The summed E-state index contributed by atoms with van der Waals surface area (Å²) in [6.45, 7) is 2.83. The molecule has 2 aromatic carbocycles. The molecular weight excluding hydrogens is 248 g/mol. The number of para-hydroxylation sites is 1. The topological polar surface area (TPSA) is 44.3 Å². The van der Waals surface area contributed by atoms with Crippen molar-refractivity contribution in [3.05, 3.63) is 64.7 Å². The van der Waals surface area contributed by atoms with Crippen LogP contribution in [0.15, 0.2) is 42.5 Å². The molecule has 1 heterocycles. The number of hydrogen-bond donors (Lipinski definition) is 3. The van der Waals surface area contributed by atoms with E-state index in [-0.39, 0.29) is 6.61 Å². The molecule has 3 N–H and O–H groups in total. The summed E-state index contributed by atoms with van der Waals surface area (Å²) < 4.78 is 0. The van der Waals surface area contributed by atoms with Gasteiger partial charge in [0.15, 0.2) is 0 Å². The molecule has 0 saturated carbocycles. The maximum atomic E-state index is 9.14. The highest BCUT2D eigenvalue weighted by atomic mass is 16.3. The van der Waals surface area contributed by atoms with Gasteiger partial charge in [-0.2, -0.15) is 0 Å². The summed E-state index contributed by atoms with van der Waals surface area (Å²) in [5.74, 6) is 0. The Hall–Kier alpha value is -1.84. The molecule has 0 fully saturated rings. The minimum Gasteiger partial charge on any atom is -0.392 e. The van der Waals surface area contributed by atoms with E-state index < -0.39 is 0 Å². The van der Waals surface area contributed by atoms with E-state index in [1.165, 1.54) is 22.4 Å². The molecule has 2 aromatic rings. The number of nitrogens with one attached hydrogen (secondary N) is 2. The average molecular weight is 268 g/mol.